The second kappa shape index (κ2) is 4.31. The first-order valence-electron chi connectivity index (χ1n) is 5.59. The van der Waals surface area contributed by atoms with Crippen molar-refractivity contribution in [3.05, 3.63) is 35.1 Å². The van der Waals surface area contributed by atoms with Crippen molar-refractivity contribution in [3.63, 3.8) is 0 Å². The predicted molar refractivity (Wildman–Crippen MR) is 58.2 cm³/mol. The fourth-order valence-electron chi connectivity index (χ4n) is 2.39. The summed E-state index contributed by atoms with van der Waals surface area (Å²) in [5.41, 5.74) is 2.41. The van der Waals surface area contributed by atoms with Gasteiger partial charge in [0.2, 0.25) is 0 Å². The highest BCUT2D eigenvalue weighted by atomic mass is 19.1. The van der Waals surface area contributed by atoms with E-state index < -0.39 is 0 Å². The Morgan fingerprint density at radius 1 is 1.47 bits per heavy atom. The first-order chi connectivity index (χ1) is 7.20. The van der Waals surface area contributed by atoms with E-state index in [2.05, 4.69) is 6.92 Å². The van der Waals surface area contributed by atoms with Crippen LogP contribution < -0.4 is 0 Å². The number of aliphatic hydroxyl groups is 1. The van der Waals surface area contributed by atoms with Crippen molar-refractivity contribution in [2.24, 2.45) is 11.8 Å². The minimum absolute atomic E-state index is 0.147. The Morgan fingerprint density at radius 3 is 3.00 bits per heavy atom. The molecule has 2 atom stereocenters. The van der Waals surface area contributed by atoms with Crippen molar-refractivity contribution in [1.82, 2.24) is 0 Å². The smallest absolute Gasteiger partial charge is 0.123 e. The molecule has 1 N–H and O–H groups in total. The number of benzene rings is 1. The van der Waals surface area contributed by atoms with Crippen molar-refractivity contribution in [1.29, 1.82) is 0 Å². The highest BCUT2D eigenvalue weighted by Gasteiger charge is 2.23. The lowest BCUT2D eigenvalue weighted by Gasteiger charge is -2.28. The van der Waals surface area contributed by atoms with Crippen molar-refractivity contribution in [2.75, 3.05) is 6.61 Å². The minimum atomic E-state index is -0.147. The van der Waals surface area contributed by atoms with E-state index in [1.807, 2.05) is 6.07 Å². The molecular formula is C13H17FO. The minimum Gasteiger partial charge on any atom is -0.396 e. The van der Waals surface area contributed by atoms with Crippen molar-refractivity contribution >= 4 is 0 Å². The highest BCUT2D eigenvalue weighted by molar-refractivity contribution is 5.30. The lowest BCUT2D eigenvalue weighted by molar-refractivity contribution is 0.178. The number of rotatable bonds is 2. The zero-order valence-electron chi connectivity index (χ0n) is 9.04. The van der Waals surface area contributed by atoms with Gasteiger partial charge in [-0.2, -0.15) is 0 Å². The van der Waals surface area contributed by atoms with Crippen LogP contribution in [0.15, 0.2) is 18.2 Å². The largest absolute Gasteiger partial charge is 0.396 e. The van der Waals surface area contributed by atoms with Gasteiger partial charge in [-0.05, 0) is 54.4 Å². The molecule has 15 heavy (non-hydrogen) atoms. The summed E-state index contributed by atoms with van der Waals surface area (Å²) in [4.78, 5) is 0. The Bertz CT molecular complexity index is 348. The standard InChI is InChI=1S/C13H17FO/c1-9(8-15)11-3-2-10-4-5-13(14)7-12(10)6-11/h4-5,7,9,11,15H,2-3,6,8H2,1H3. The molecule has 82 valence electrons. The van der Waals surface area contributed by atoms with Gasteiger partial charge in [-0.15, -0.1) is 0 Å². The molecule has 1 aromatic rings. The van der Waals surface area contributed by atoms with E-state index in [9.17, 15) is 4.39 Å². The molecule has 0 radical (unpaired) electrons. The van der Waals surface area contributed by atoms with Gasteiger partial charge in [-0.1, -0.05) is 13.0 Å². The maximum atomic E-state index is 13.1. The molecular weight excluding hydrogens is 191 g/mol. The van der Waals surface area contributed by atoms with Gasteiger partial charge in [-0.25, -0.2) is 4.39 Å². The number of hydrogen-bond acceptors (Lipinski definition) is 1. The molecule has 2 unspecified atom stereocenters. The molecule has 2 heteroatoms. The molecule has 0 spiro atoms. The van der Waals surface area contributed by atoms with E-state index in [0.29, 0.717) is 11.8 Å². The molecule has 2 rings (SSSR count). The first kappa shape index (κ1) is 10.6. The van der Waals surface area contributed by atoms with Crippen molar-refractivity contribution < 1.29 is 9.50 Å². The van der Waals surface area contributed by atoms with Crippen LogP contribution in [0.1, 0.15) is 24.5 Å². The molecule has 0 saturated heterocycles. The van der Waals surface area contributed by atoms with Crippen LogP contribution >= 0.6 is 0 Å². The summed E-state index contributed by atoms with van der Waals surface area (Å²) in [6.07, 6.45) is 3.04. The third-order valence-corrected chi connectivity index (χ3v) is 3.53. The SMILES string of the molecule is CC(CO)C1CCc2ccc(F)cc2C1. The van der Waals surface area contributed by atoms with Crippen LogP contribution in [0.2, 0.25) is 0 Å². The summed E-state index contributed by atoms with van der Waals surface area (Å²) in [5.74, 6) is 0.678. The van der Waals surface area contributed by atoms with E-state index in [1.165, 1.54) is 11.6 Å². The third-order valence-electron chi connectivity index (χ3n) is 3.53. The first-order valence-corrected chi connectivity index (χ1v) is 5.59. The fraction of sp³-hybridized carbons (Fsp3) is 0.538. The molecule has 1 nitrogen and oxygen atoms in total. The molecule has 0 amide bonds. The highest BCUT2D eigenvalue weighted by Crippen LogP contribution is 2.30. The zero-order valence-corrected chi connectivity index (χ0v) is 9.04. The Balaban J connectivity index is 2.18. The lowest BCUT2D eigenvalue weighted by Crippen LogP contribution is -2.23. The van der Waals surface area contributed by atoms with Crippen LogP contribution in [0.3, 0.4) is 0 Å². The summed E-state index contributed by atoms with van der Waals surface area (Å²) in [7, 11) is 0. The summed E-state index contributed by atoms with van der Waals surface area (Å²) in [6, 6.07) is 5.07. The van der Waals surface area contributed by atoms with Crippen molar-refractivity contribution in [3.8, 4) is 0 Å². The van der Waals surface area contributed by atoms with Crippen LogP contribution in [0.4, 0.5) is 4.39 Å². The van der Waals surface area contributed by atoms with Crippen molar-refractivity contribution in [2.45, 2.75) is 26.2 Å². The normalized spacial score (nSPS) is 22.2. The average Bonchev–Trinajstić information content (AvgIpc) is 2.27. The number of hydrogen-bond donors (Lipinski definition) is 1. The topological polar surface area (TPSA) is 20.2 Å². The molecule has 1 aliphatic carbocycles. The van der Waals surface area contributed by atoms with Gasteiger partial charge < -0.3 is 5.11 Å². The zero-order chi connectivity index (χ0) is 10.8. The number of halogens is 1. The second-order valence-electron chi connectivity index (χ2n) is 4.58. The van der Waals surface area contributed by atoms with E-state index in [1.54, 1.807) is 6.07 Å². The van der Waals surface area contributed by atoms with Gasteiger partial charge in [0.1, 0.15) is 5.82 Å². The van der Waals surface area contributed by atoms with Crippen LogP contribution in [0.25, 0.3) is 0 Å². The van der Waals surface area contributed by atoms with E-state index in [-0.39, 0.29) is 12.4 Å². The van der Waals surface area contributed by atoms with Gasteiger partial charge >= 0.3 is 0 Å². The summed E-state index contributed by atoms with van der Waals surface area (Å²) in [5, 5.41) is 9.12. The molecule has 0 fully saturated rings. The van der Waals surface area contributed by atoms with E-state index in [0.717, 1.165) is 24.8 Å². The predicted octanol–water partition coefficient (Wildman–Crippen LogP) is 2.56. The Kier molecular flexibility index (Phi) is 3.06. The second-order valence-corrected chi connectivity index (χ2v) is 4.58. The van der Waals surface area contributed by atoms with Crippen LogP contribution in [0, 0.1) is 17.7 Å². The summed E-state index contributed by atoms with van der Waals surface area (Å²) < 4.78 is 13.1. The molecule has 1 aromatic carbocycles. The molecule has 0 saturated carbocycles. The number of aliphatic hydroxyl groups excluding tert-OH is 1. The molecule has 0 bridgehead atoms. The monoisotopic (exact) mass is 208 g/mol. The Morgan fingerprint density at radius 2 is 2.27 bits per heavy atom. The third kappa shape index (κ3) is 2.20. The summed E-state index contributed by atoms with van der Waals surface area (Å²) in [6.45, 7) is 2.30. The van der Waals surface area contributed by atoms with Crippen LogP contribution in [0.5, 0.6) is 0 Å². The van der Waals surface area contributed by atoms with Gasteiger partial charge in [0, 0.05) is 6.61 Å². The Labute approximate surface area is 89.9 Å². The van der Waals surface area contributed by atoms with Gasteiger partial charge in [-0.3, -0.25) is 0 Å². The quantitative estimate of drug-likeness (QED) is 0.792. The number of aryl methyl sites for hydroxylation is 1. The molecule has 0 heterocycles. The molecule has 0 aliphatic heterocycles. The van der Waals surface area contributed by atoms with Gasteiger partial charge in [0.25, 0.3) is 0 Å². The average molecular weight is 208 g/mol. The van der Waals surface area contributed by atoms with Gasteiger partial charge in [0.15, 0.2) is 0 Å². The Hall–Kier alpha value is -0.890. The fourth-order valence-corrected chi connectivity index (χ4v) is 2.39. The summed E-state index contributed by atoms with van der Waals surface area (Å²) >= 11 is 0. The van der Waals surface area contributed by atoms with E-state index >= 15 is 0 Å². The number of fused-ring (bicyclic) bond motifs is 1. The lowest BCUT2D eigenvalue weighted by atomic mass is 9.78. The molecule has 0 aromatic heterocycles. The van der Waals surface area contributed by atoms with Crippen LogP contribution in [-0.4, -0.2) is 11.7 Å². The van der Waals surface area contributed by atoms with Crippen LogP contribution in [-0.2, 0) is 12.8 Å². The maximum absolute atomic E-state index is 13.1. The van der Waals surface area contributed by atoms with E-state index in [4.69, 9.17) is 5.11 Å². The molecule has 1 aliphatic rings. The maximum Gasteiger partial charge on any atom is 0.123 e. The van der Waals surface area contributed by atoms with Gasteiger partial charge in [0.05, 0.1) is 0 Å².